The Hall–Kier alpha value is -2.79. The zero-order chi connectivity index (χ0) is 20.0. The van der Waals surface area contributed by atoms with Gasteiger partial charge in [-0.05, 0) is 89.9 Å². The average molecular weight is 391 g/mol. The van der Waals surface area contributed by atoms with Crippen molar-refractivity contribution in [3.8, 4) is 17.2 Å². The molecule has 5 heteroatoms. The first kappa shape index (κ1) is 18.3. The van der Waals surface area contributed by atoms with Gasteiger partial charge in [0.15, 0.2) is 11.5 Å². The van der Waals surface area contributed by atoms with Crippen LogP contribution < -0.4 is 14.2 Å². The Balaban J connectivity index is 1.73. The lowest BCUT2D eigenvalue weighted by molar-refractivity contribution is -0.120. The molecule has 1 fully saturated rings. The van der Waals surface area contributed by atoms with Crippen molar-refractivity contribution in [1.29, 1.82) is 0 Å². The summed E-state index contributed by atoms with van der Waals surface area (Å²) in [6.07, 6.45) is 4.35. The molecule has 3 aliphatic rings. The van der Waals surface area contributed by atoms with Gasteiger partial charge in [0.1, 0.15) is 5.75 Å². The summed E-state index contributed by atoms with van der Waals surface area (Å²) >= 11 is 0. The Labute approximate surface area is 170 Å². The highest BCUT2D eigenvalue weighted by atomic mass is 16.5. The number of methoxy groups -OCH3 is 2. The normalized spacial score (nSPS) is 20.1. The molecule has 1 saturated heterocycles. The fourth-order valence-electron chi connectivity index (χ4n) is 5.21. The molecule has 5 nitrogen and oxygen atoms in total. The molecule has 2 heterocycles. The van der Waals surface area contributed by atoms with Crippen molar-refractivity contribution in [3.05, 3.63) is 52.6 Å². The molecule has 1 unspecified atom stereocenters. The predicted octanol–water partition coefficient (Wildman–Crippen LogP) is 3.92. The lowest BCUT2D eigenvalue weighted by atomic mass is 9.86. The van der Waals surface area contributed by atoms with Crippen LogP contribution in [0, 0.1) is 0 Å². The number of benzene rings is 2. The third-order valence-corrected chi connectivity index (χ3v) is 6.57. The maximum atomic E-state index is 10.8. The molecule has 0 radical (unpaired) electrons. The van der Waals surface area contributed by atoms with E-state index < -0.39 is 0 Å². The van der Waals surface area contributed by atoms with E-state index in [2.05, 4.69) is 23.1 Å². The van der Waals surface area contributed by atoms with Crippen molar-refractivity contribution < 1.29 is 19.0 Å². The van der Waals surface area contributed by atoms with E-state index in [0.717, 1.165) is 30.9 Å². The zero-order valence-electron chi connectivity index (χ0n) is 16.9. The van der Waals surface area contributed by atoms with Crippen LogP contribution in [0.5, 0.6) is 17.2 Å². The standard InChI is InChI=1S/C24H25NO4/c1-27-23-10-16-8-15-9-18(29-14-26)5-6-19(15)21-11-17-4-3-7-25(17)13-22(21)20(16)12-24(23)28-2/h5-6,9-10,12,14,17H,3-4,7-8,11,13H2,1-2H3. The first-order chi connectivity index (χ1) is 14.2. The van der Waals surface area contributed by atoms with E-state index in [0.29, 0.717) is 18.3 Å². The van der Waals surface area contributed by atoms with Crippen molar-refractivity contribution in [2.45, 2.75) is 31.7 Å². The van der Waals surface area contributed by atoms with E-state index in [1.807, 2.05) is 12.1 Å². The Morgan fingerprint density at radius 1 is 1.00 bits per heavy atom. The van der Waals surface area contributed by atoms with E-state index in [1.165, 1.54) is 52.8 Å². The third-order valence-electron chi connectivity index (χ3n) is 6.57. The summed E-state index contributed by atoms with van der Waals surface area (Å²) in [6.45, 7) is 2.62. The molecule has 0 saturated carbocycles. The monoisotopic (exact) mass is 391 g/mol. The molecular weight excluding hydrogens is 366 g/mol. The maximum absolute atomic E-state index is 10.8. The van der Waals surface area contributed by atoms with Gasteiger partial charge in [0, 0.05) is 12.6 Å². The van der Waals surface area contributed by atoms with E-state index >= 15 is 0 Å². The van der Waals surface area contributed by atoms with Gasteiger partial charge in [-0.15, -0.1) is 0 Å². The van der Waals surface area contributed by atoms with Crippen LogP contribution in [0.15, 0.2) is 30.3 Å². The predicted molar refractivity (Wildman–Crippen MR) is 112 cm³/mol. The van der Waals surface area contributed by atoms with Crippen LogP contribution in [0.2, 0.25) is 0 Å². The molecule has 1 atom stereocenters. The molecule has 1 aliphatic carbocycles. The fourth-order valence-corrected chi connectivity index (χ4v) is 5.21. The highest BCUT2D eigenvalue weighted by Gasteiger charge is 2.35. The number of fused-ring (bicyclic) bond motifs is 5. The van der Waals surface area contributed by atoms with Crippen LogP contribution in [0.1, 0.15) is 41.5 Å². The number of hydrogen-bond donors (Lipinski definition) is 0. The Morgan fingerprint density at radius 2 is 1.79 bits per heavy atom. The molecule has 0 bridgehead atoms. The van der Waals surface area contributed by atoms with E-state index in [-0.39, 0.29) is 0 Å². The van der Waals surface area contributed by atoms with Gasteiger partial charge in [-0.3, -0.25) is 9.69 Å². The Morgan fingerprint density at radius 3 is 2.59 bits per heavy atom. The number of rotatable bonds is 4. The van der Waals surface area contributed by atoms with Crippen LogP contribution in [0.25, 0.3) is 11.1 Å². The van der Waals surface area contributed by atoms with Crippen molar-refractivity contribution in [3.63, 3.8) is 0 Å². The lowest BCUT2D eigenvalue weighted by Crippen LogP contribution is -2.35. The first-order valence-corrected chi connectivity index (χ1v) is 10.2. The average Bonchev–Trinajstić information content (AvgIpc) is 3.16. The zero-order valence-corrected chi connectivity index (χ0v) is 16.9. The van der Waals surface area contributed by atoms with Crippen LogP contribution in [-0.2, 0) is 11.2 Å². The third kappa shape index (κ3) is 3.01. The van der Waals surface area contributed by atoms with E-state index in [4.69, 9.17) is 14.2 Å². The number of carbonyl (C=O) groups is 1. The van der Waals surface area contributed by atoms with Crippen LogP contribution in [-0.4, -0.2) is 44.7 Å². The molecule has 5 rings (SSSR count). The summed E-state index contributed by atoms with van der Waals surface area (Å²) in [6, 6.07) is 10.9. The largest absolute Gasteiger partial charge is 0.493 e. The van der Waals surface area contributed by atoms with Gasteiger partial charge in [-0.25, -0.2) is 0 Å². The van der Waals surface area contributed by atoms with Crippen LogP contribution in [0.4, 0.5) is 0 Å². The minimum Gasteiger partial charge on any atom is -0.493 e. The summed E-state index contributed by atoms with van der Waals surface area (Å²) in [7, 11) is 3.36. The minimum atomic E-state index is 0.488. The molecule has 150 valence electrons. The summed E-state index contributed by atoms with van der Waals surface area (Å²) in [5.41, 5.74) is 7.74. The first-order valence-electron chi connectivity index (χ1n) is 10.2. The van der Waals surface area contributed by atoms with Gasteiger partial charge in [0.25, 0.3) is 6.47 Å². The molecule has 2 aliphatic heterocycles. The van der Waals surface area contributed by atoms with Gasteiger partial charge in [-0.2, -0.15) is 0 Å². The highest BCUT2D eigenvalue weighted by Crippen LogP contribution is 2.46. The van der Waals surface area contributed by atoms with Crippen molar-refractivity contribution in [2.24, 2.45) is 0 Å². The molecule has 2 aromatic rings. The van der Waals surface area contributed by atoms with Gasteiger partial charge in [0.2, 0.25) is 0 Å². The van der Waals surface area contributed by atoms with Crippen molar-refractivity contribution in [2.75, 3.05) is 27.3 Å². The molecule has 0 N–H and O–H groups in total. The summed E-state index contributed by atoms with van der Waals surface area (Å²) in [5, 5.41) is 0. The van der Waals surface area contributed by atoms with E-state index in [9.17, 15) is 4.79 Å². The maximum Gasteiger partial charge on any atom is 0.298 e. The molecular formula is C24H25NO4. The second-order valence-electron chi connectivity index (χ2n) is 8.00. The molecule has 0 spiro atoms. The lowest BCUT2D eigenvalue weighted by Gasteiger charge is -2.34. The SMILES string of the molecule is COc1cc2c(cc1OC)C1=C(CC3CCCN3C1)c1ccc(OC=O)cc1C2. The van der Waals surface area contributed by atoms with Crippen molar-refractivity contribution in [1.82, 2.24) is 4.90 Å². The van der Waals surface area contributed by atoms with Crippen LogP contribution >= 0.6 is 0 Å². The van der Waals surface area contributed by atoms with Crippen LogP contribution in [0.3, 0.4) is 0 Å². The molecule has 29 heavy (non-hydrogen) atoms. The minimum absolute atomic E-state index is 0.488. The molecule has 0 aromatic heterocycles. The topological polar surface area (TPSA) is 48.0 Å². The number of hydrogen-bond acceptors (Lipinski definition) is 5. The number of carbonyl (C=O) groups excluding carboxylic acids is 1. The number of nitrogens with zero attached hydrogens (tertiary/aromatic N) is 1. The smallest absolute Gasteiger partial charge is 0.298 e. The van der Waals surface area contributed by atoms with Gasteiger partial charge in [0.05, 0.1) is 14.2 Å². The van der Waals surface area contributed by atoms with Crippen molar-refractivity contribution >= 4 is 17.6 Å². The van der Waals surface area contributed by atoms with Gasteiger partial charge >= 0.3 is 0 Å². The number of ether oxygens (including phenoxy) is 3. The Bertz CT molecular complexity index is 1010. The molecule has 0 amide bonds. The second-order valence-corrected chi connectivity index (χ2v) is 8.00. The highest BCUT2D eigenvalue weighted by molar-refractivity contribution is 5.96. The summed E-state index contributed by atoms with van der Waals surface area (Å²) < 4.78 is 16.3. The Kier molecular flexibility index (Phi) is 4.55. The summed E-state index contributed by atoms with van der Waals surface area (Å²) in [4.78, 5) is 13.5. The second kappa shape index (κ2) is 7.23. The van der Waals surface area contributed by atoms with Gasteiger partial charge < -0.3 is 14.2 Å². The summed E-state index contributed by atoms with van der Waals surface area (Å²) in [5.74, 6) is 2.09. The fraction of sp³-hybridized carbons (Fsp3) is 0.375. The van der Waals surface area contributed by atoms with Gasteiger partial charge in [-0.1, -0.05) is 6.07 Å². The quantitative estimate of drug-likeness (QED) is 0.740. The van der Waals surface area contributed by atoms with E-state index in [1.54, 1.807) is 14.2 Å². The molecule has 2 aromatic carbocycles.